The molecule has 0 bridgehead atoms. The van der Waals surface area contributed by atoms with Crippen molar-refractivity contribution < 1.29 is 13.9 Å². The smallest absolute Gasteiger partial charge is 0.295 e. The molecule has 0 aliphatic carbocycles. The average molecular weight is 261 g/mol. The highest BCUT2D eigenvalue weighted by Crippen LogP contribution is 2.21. The molecule has 19 heavy (non-hydrogen) atoms. The van der Waals surface area contributed by atoms with Crippen LogP contribution in [0.15, 0.2) is 28.7 Å². The van der Waals surface area contributed by atoms with Gasteiger partial charge in [0.15, 0.2) is 5.58 Å². The minimum atomic E-state index is -0.463. The molecule has 2 atom stereocenters. The first-order valence-corrected chi connectivity index (χ1v) is 6.26. The average Bonchev–Trinajstić information content (AvgIpc) is 3.02. The fraction of sp³-hybridized carbons (Fsp3) is 0.385. The Morgan fingerprint density at radius 3 is 3.00 bits per heavy atom. The molecule has 1 aromatic carbocycles. The minimum absolute atomic E-state index is 0.0347. The predicted octanol–water partition coefficient (Wildman–Crippen LogP) is 1.27. The van der Waals surface area contributed by atoms with E-state index in [-0.39, 0.29) is 6.10 Å². The highest BCUT2D eigenvalue weighted by Gasteiger charge is 2.29. The van der Waals surface area contributed by atoms with Crippen LogP contribution in [0.25, 0.3) is 11.1 Å². The molecule has 100 valence electrons. The molecule has 3 rings (SSSR count). The second-order valence-electron chi connectivity index (χ2n) is 4.59. The van der Waals surface area contributed by atoms with Gasteiger partial charge in [0.2, 0.25) is 5.91 Å². The van der Waals surface area contributed by atoms with E-state index in [0.717, 1.165) is 17.5 Å². The number of nitrogens with zero attached hydrogens (tertiary/aromatic N) is 1. The largest absolute Gasteiger partial charge is 0.424 e. The van der Waals surface area contributed by atoms with Crippen LogP contribution in [0, 0.1) is 0 Å². The molecule has 0 spiro atoms. The standard InChI is InChI=1S/C13H15N3O3/c14-12(17)11-6-5-8(18-11)7-15-13-16-9-3-1-2-4-10(9)19-13/h1-4,8,11H,5-7H2,(H2,14,17)(H,15,16)/t8-,11+/m1/s1. The maximum atomic E-state index is 11.0. The molecule has 6 heteroatoms. The number of benzene rings is 1. The van der Waals surface area contributed by atoms with Gasteiger partial charge < -0.3 is 20.2 Å². The van der Waals surface area contributed by atoms with Crippen LogP contribution in [0.1, 0.15) is 12.8 Å². The molecule has 2 heterocycles. The molecular formula is C13H15N3O3. The number of carbonyl (C=O) groups excluding carboxylic acids is 1. The number of hydrogen-bond acceptors (Lipinski definition) is 5. The molecule has 1 saturated heterocycles. The van der Waals surface area contributed by atoms with Gasteiger partial charge in [0.1, 0.15) is 11.6 Å². The van der Waals surface area contributed by atoms with E-state index in [0.29, 0.717) is 19.0 Å². The molecule has 6 nitrogen and oxygen atoms in total. The van der Waals surface area contributed by atoms with Gasteiger partial charge in [-0.1, -0.05) is 12.1 Å². The zero-order valence-corrected chi connectivity index (χ0v) is 10.3. The highest BCUT2D eigenvalue weighted by atomic mass is 16.5. The van der Waals surface area contributed by atoms with Gasteiger partial charge in [-0.15, -0.1) is 0 Å². The number of fused-ring (bicyclic) bond motifs is 1. The molecule has 2 aromatic rings. The topological polar surface area (TPSA) is 90.4 Å². The SMILES string of the molecule is NC(=O)[C@@H]1CC[C@H](CNc2nc3ccccc3o2)O1. The molecule has 1 aliphatic heterocycles. The summed E-state index contributed by atoms with van der Waals surface area (Å²) in [7, 11) is 0. The summed E-state index contributed by atoms with van der Waals surface area (Å²) >= 11 is 0. The van der Waals surface area contributed by atoms with Crippen molar-refractivity contribution in [3.63, 3.8) is 0 Å². The number of carbonyl (C=O) groups is 1. The van der Waals surface area contributed by atoms with E-state index in [1.165, 1.54) is 0 Å². The number of ether oxygens (including phenoxy) is 1. The second kappa shape index (κ2) is 4.89. The van der Waals surface area contributed by atoms with Gasteiger partial charge in [-0.25, -0.2) is 0 Å². The zero-order chi connectivity index (χ0) is 13.2. The number of para-hydroxylation sites is 2. The lowest BCUT2D eigenvalue weighted by atomic mass is 10.2. The van der Waals surface area contributed by atoms with Gasteiger partial charge >= 0.3 is 0 Å². The van der Waals surface area contributed by atoms with Gasteiger partial charge in [-0.2, -0.15) is 4.98 Å². The first-order valence-electron chi connectivity index (χ1n) is 6.26. The summed E-state index contributed by atoms with van der Waals surface area (Å²) in [6.07, 6.45) is 0.985. The van der Waals surface area contributed by atoms with Gasteiger partial charge in [0.05, 0.1) is 6.10 Å². The van der Waals surface area contributed by atoms with Crippen LogP contribution in [0.2, 0.25) is 0 Å². The van der Waals surface area contributed by atoms with Gasteiger partial charge in [0.25, 0.3) is 6.01 Å². The van der Waals surface area contributed by atoms with Gasteiger partial charge in [-0.3, -0.25) is 4.79 Å². The summed E-state index contributed by atoms with van der Waals surface area (Å²) in [6, 6.07) is 8.02. The van der Waals surface area contributed by atoms with Crippen LogP contribution in [-0.2, 0) is 9.53 Å². The van der Waals surface area contributed by atoms with Crippen LogP contribution >= 0.6 is 0 Å². The Hall–Kier alpha value is -2.08. The van der Waals surface area contributed by atoms with E-state index >= 15 is 0 Å². The van der Waals surface area contributed by atoms with Crippen LogP contribution < -0.4 is 11.1 Å². The highest BCUT2D eigenvalue weighted by molar-refractivity contribution is 5.79. The quantitative estimate of drug-likeness (QED) is 0.865. The number of amides is 1. The Balaban J connectivity index is 1.59. The molecule has 1 fully saturated rings. The molecule has 0 radical (unpaired) electrons. The third kappa shape index (κ3) is 2.53. The van der Waals surface area contributed by atoms with E-state index in [4.69, 9.17) is 14.9 Å². The van der Waals surface area contributed by atoms with Crippen LogP contribution in [-0.4, -0.2) is 29.6 Å². The first kappa shape index (κ1) is 12.0. The monoisotopic (exact) mass is 261 g/mol. The fourth-order valence-electron chi connectivity index (χ4n) is 2.21. The van der Waals surface area contributed by atoms with Crippen molar-refractivity contribution in [2.75, 3.05) is 11.9 Å². The lowest BCUT2D eigenvalue weighted by Gasteiger charge is -2.11. The third-order valence-electron chi connectivity index (χ3n) is 3.20. The Kier molecular flexibility index (Phi) is 3.08. The molecular weight excluding hydrogens is 246 g/mol. The normalized spacial score (nSPS) is 22.7. The number of rotatable bonds is 4. The Morgan fingerprint density at radius 2 is 2.26 bits per heavy atom. The molecule has 0 saturated carbocycles. The first-order chi connectivity index (χ1) is 9.22. The van der Waals surface area contributed by atoms with E-state index < -0.39 is 12.0 Å². The zero-order valence-electron chi connectivity index (χ0n) is 10.3. The maximum Gasteiger partial charge on any atom is 0.295 e. The predicted molar refractivity (Wildman–Crippen MR) is 69.6 cm³/mol. The summed E-state index contributed by atoms with van der Waals surface area (Å²) < 4.78 is 11.0. The number of oxazole rings is 1. The molecule has 1 amide bonds. The molecule has 1 aromatic heterocycles. The van der Waals surface area contributed by atoms with Gasteiger partial charge in [0, 0.05) is 6.54 Å². The number of hydrogen-bond donors (Lipinski definition) is 2. The Bertz CT molecular complexity index is 563. The fourth-order valence-corrected chi connectivity index (χ4v) is 2.21. The Morgan fingerprint density at radius 1 is 1.42 bits per heavy atom. The maximum absolute atomic E-state index is 11.0. The summed E-state index contributed by atoms with van der Waals surface area (Å²) in [4.78, 5) is 15.3. The van der Waals surface area contributed by atoms with Crippen LogP contribution in [0.5, 0.6) is 0 Å². The minimum Gasteiger partial charge on any atom is -0.424 e. The lowest BCUT2D eigenvalue weighted by molar-refractivity contribution is -0.128. The van der Waals surface area contributed by atoms with Crippen molar-refractivity contribution >= 4 is 23.0 Å². The van der Waals surface area contributed by atoms with E-state index in [1.807, 2.05) is 24.3 Å². The number of aromatic nitrogens is 1. The lowest BCUT2D eigenvalue weighted by Crippen LogP contribution is -2.30. The molecule has 0 unspecified atom stereocenters. The molecule has 3 N–H and O–H groups in total. The number of nitrogens with one attached hydrogen (secondary N) is 1. The summed E-state index contributed by atoms with van der Waals surface area (Å²) in [5.41, 5.74) is 6.76. The van der Waals surface area contributed by atoms with E-state index in [9.17, 15) is 4.79 Å². The summed E-state index contributed by atoms with van der Waals surface area (Å²) in [5, 5.41) is 3.08. The summed E-state index contributed by atoms with van der Waals surface area (Å²) in [6.45, 7) is 0.552. The number of anilines is 1. The van der Waals surface area contributed by atoms with Crippen LogP contribution in [0.3, 0.4) is 0 Å². The summed E-state index contributed by atoms with van der Waals surface area (Å²) in [5.74, 6) is -0.399. The van der Waals surface area contributed by atoms with Crippen molar-refractivity contribution in [2.45, 2.75) is 25.0 Å². The number of nitrogens with two attached hydrogens (primary N) is 1. The van der Waals surface area contributed by atoms with Crippen molar-refractivity contribution in [1.82, 2.24) is 4.98 Å². The second-order valence-corrected chi connectivity index (χ2v) is 4.59. The van der Waals surface area contributed by atoms with Crippen molar-refractivity contribution in [1.29, 1.82) is 0 Å². The third-order valence-corrected chi connectivity index (χ3v) is 3.20. The van der Waals surface area contributed by atoms with Crippen molar-refractivity contribution in [2.24, 2.45) is 5.73 Å². The van der Waals surface area contributed by atoms with Crippen molar-refractivity contribution in [3.8, 4) is 0 Å². The van der Waals surface area contributed by atoms with E-state index in [1.54, 1.807) is 0 Å². The van der Waals surface area contributed by atoms with E-state index in [2.05, 4.69) is 10.3 Å². The van der Waals surface area contributed by atoms with Crippen LogP contribution in [0.4, 0.5) is 6.01 Å². The number of primary amides is 1. The van der Waals surface area contributed by atoms with Gasteiger partial charge in [-0.05, 0) is 25.0 Å². The molecule has 1 aliphatic rings. The Labute approximate surface area is 109 Å². The van der Waals surface area contributed by atoms with Crippen molar-refractivity contribution in [3.05, 3.63) is 24.3 Å².